The van der Waals surface area contributed by atoms with Crippen molar-refractivity contribution in [3.05, 3.63) is 47.5 Å². The van der Waals surface area contributed by atoms with Gasteiger partial charge >= 0.3 is 0 Å². The van der Waals surface area contributed by atoms with Crippen molar-refractivity contribution in [2.24, 2.45) is 0 Å². The highest BCUT2D eigenvalue weighted by Crippen LogP contribution is 2.22. The highest BCUT2D eigenvalue weighted by atomic mass is 19.1. The SMILES string of the molecule is CC(C)c1cnn(-c2ccc(F)cc2)c1CO. The van der Waals surface area contributed by atoms with E-state index in [0.29, 0.717) is 5.92 Å². The molecule has 1 heterocycles. The molecule has 90 valence electrons. The molecule has 1 aromatic heterocycles. The predicted octanol–water partition coefficient (Wildman–Crippen LogP) is 2.63. The summed E-state index contributed by atoms with van der Waals surface area (Å²) < 4.78 is 14.5. The minimum absolute atomic E-state index is 0.0785. The molecule has 1 N–H and O–H groups in total. The lowest BCUT2D eigenvalue weighted by molar-refractivity contribution is 0.271. The summed E-state index contributed by atoms with van der Waals surface area (Å²) in [6.07, 6.45) is 1.75. The molecule has 0 atom stereocenters. The van der Waals surface area contributed by atoms with Gasteiger partial charge in [-0.2, -0.15) is 5.10 Å². The summed E-state index contributed by atoms with van der Waals surface area (Å²) in [4.78, 5) is 0. The summed E-state index contributed by atoms with van der Waals surface area (Å²) in [7, 11) is 0. The molecule has 4 heteroatoms. The number of aliphatic hydroxyl groups excluding tert-OH is 1. The molecule has 0 unspecified atom stereocenters. The fraction of sp³-hybridized carbons (Fsp3) is 0.308. The first kappa shape index (κ1) is 11.8. The molecule has 0 aliphatic rings. The van der Waals surface area contributed by atoms with Gasteiger partial charge in [-0.05, 0) is 35.7 Å². The fourth-order valence-electron chi connectivity index (χ4n) is 1.83. The van der Waals surface area contributed by atoms with Crippen LogP contribution in [0.2, 0.25) is 0 Å². The summed E-state index contributed by atoms with van der Waals surface area (Å²) in [6, 6.07) is 6.05. The quantitative estimate of drug-likeness (QED) is 0.886. The number of rotatable bonds is 3. The van der Waals surface area contributed by atoms with E-state index in [-0.39, 0.29) is 12.4 Å². The maximum absolute atomic E-state index is 12.8. The summed E-state index contributed by atoms with van der Waals surface area (Å²) in [5.74, 6) is 0.0156. The van der Waals surface area contributed by atoms with E-state index in [1.807, 2.05) is 13.8 Å². The molecule has 3 nitrogen and oxygen atoms in total. The van der Waals surface area contributed by atoms with Gasteiger partial charge in [0.05, 0.1) is 24.2 Å². The van der Waals surface area contributed by atoms with Gasteiger partial charge in [0, 0.05) is 0 Å². The van der Waals surface area contributed by atoms with Crippen LogP contribution in [0.1, 0.15) is 31.0 Å². The summed E-state index contributed by atoms with van der Waals surface area (Å²) >= 11 is 0. The van der Waals surface area contributed by atoms with Gasteiger partial charge in [-0.3, -0.25) is 0 Å². The molecule has 0 spiro atoms. The first-order valence-corrected chi connectivity index (χ1v) is 5.57. The normalized spacial score (nSPS) is 11.1. The number of aliphatic hydroxyl groups is 1. The van der Waals surface area contributed by atoms with Gasteiger partial charge in [-0.15, -0.1) is 0 Å². The number of nitrogens with zero attached hydrogens (tertiary/aromatic N) is 2. The lowest BCUT2D eigenvalue weighted by atomic mass is 10.0. The third-order valence-electron chi connectivity index (χ3n) is 2.74. The highest BCUT2D eigenvalue weighted by molar-refractivity contribution is 5.35. The zero-order chi connectivity index (χ0) is 12.4. The maximum Gasteiger partial charge on any atom is 0.123 e. The first-order chi connectivity index (χ1) is 8.13. The van der Waals surface area contributed by atoms with Crippen LogP contribution in [0.25, 0.3) is 5.69 Å². The summed E-state index contributed by atoms with van der Waals surface area (Å²) in [6.45, 7) is 4.02. The highest BCUT2D eigenvalue weighted by Gasteiger charge is 2.13. The molecule has 2 aromatic rings. The molecule has 0 aliphatic heterocycles. The van der Waals surface area contributed by atoms with Crippen molar-refractivity contribution in [2.75, 3.05) is 0 Å². The fourth-order valence-corrected chi connectivity index (χ4v) is 1.83. The van der Waals surface area contributed by atoms with Crippen molar-refractivity contribution >= 4 is 0 Å². The molecule has 0 aliphatic carbocycles. The number of benzene rings is 1. The van der Waals surface area contributed by atoms with Gasteiger partial charge in [0.15, 0.2) is 0 Å². The Morgan fingerprint density at radius 1 is 1.29 bits per heavy atom. The molecular formula is C13H15FN2O. The van der Waals surface area contributed by atoms with Crippen LogP contribution >= 0.6 is 0 Å². The molecule has 0 radical (unpaired) electrons. The Hall–Kier alpha value is -1.68. The molecule has 0 saturated heterocycles. The van der Waals surface area contributed by atoms with Crippen LogP contribution in [0, 0.1) is 5.82 Å². The summed E-state index contributed by atoms with van der Waals surface area (Å²) in [5, 5.41) is 13.7. The average Bonchev–Trinajstić information content (AvgIpc) is 2.73. The van der Waals surface area contributed by atoms with E-state index in [1.165, 1.54) is 12.1 Å². The second-order valence-corrected chi connectivity index (χ2v) is 4.25. The Morgan fingerprint density at radius 2 is 1.94 bits per heavy atom. The van der Waals surface area contributed by atoms with Crippen LogP contribution in [0.5, 0.6) is 0 Å². The predicted molar refractivity (Wildman–Crippen MR) is 63.5 cm³/mol. The number of halogens is 1. The van der Waals surface area contributed by atoms with Crippen molar-refractivity contribution in [3.8, 4) is 5.69 Å². The van der Waals surface area contributed by atoms with Crippen molar-refractivity contribution in [3.63, 3.8) is 0 Å². The zero-order valence-corrected chi connectivity index (χ0v) is 9.89. The minimum atomic E-state index is -0.282. The van der Waals surface area contributed by atoms with Gasteiger partial charge < -0.3 is 5.11 Å². The second kappa shape index (κ2) is 4.67. The van der Waals surface area contributed by atoms with E-state index in [9.17, 15) is 9.50 Å². The number of aromatic nitrogens is 2. The van der Waals surface area contributed by atoms with E-state index in [4.69, 9.17) is 0 Å². The molecular weight excluding hydrogens is 219 g/mol. The number of hydrogen-bond acceptors (Lipinski definition) is 2. The minimum Gasteiger partial charge on any atom is -0.390 e. The number of hydrogen-bond donors (Lipinski definition) is 1. The van der Waals surface area contributed by atoms with Crippen molar-refractivity contribution in [2.45, 2.75) is 26.4 Å². The monoisotopic (exact) mass is 234 g/mol. The molecule has 0 fully saturated rings. The average molecular weight is 234 g/mol. The zero-order valence-electron chi connectivity index (χ0n) is 9.89. The standard InChI is InChI=1S/C13H15FN2O/c1-9(2)12-7-15-16(13(12)8-17)11-5-3-10(14)4-6-11/h3-7,9,17H,8H2,1-2H3. The molecule has 17 heavy (non-hydrogen) atoms. The molecule has 0 saturated carbocycles. The third kappa shape index (κ3) is 2.22. The Balaban J connectivity index is 2.48. The van der Waals surface area contributed by atoms with Crippen LogP contribution in [0.3, 0.4) is 0 Å². The van der Waals surface area contributed by atoms with Gasteiger partial charge in [0.1, 0.15) is 5.82 Å². The third-order valence-corrected chi connectivity index (χ3v) is 2.74. The Labute approximate surface area is 99.5 Å². The Bertz CT molecular complexity index is 503. The van der Waals surface area contributed by atoms with Gasteiger partial charge in [-0.1, -0.05) is 13.8 Å². The van der Waals surface area contributed by atoms with Crippen molar-refractivity contribution < 1.29 is 9.50 Å². The topological polar surface area (TPSA) is 38.0 Å². The molecule has 0 amide bonds. The molecule has 2 rings (SSSR count). The lowest BCUT2D eigenvalue weighted by Crippen LogP contribution is -2.04. The Kier molecular flexibility index (Phi) is 3.24. The Morgan fingerprint density at radius 3 is 2.47 bits per heavy atom. The maximum atomic E-state index is 12.8. The van der Waals surface area contributed by atoms with Gasteiger partial charge in [0.25, 0.3) is 0 Å². The van der Waals surface area contributed by atoms with Crippen molar-refractivity contribution in [1.29, 1.82) is 0 Å². The smallest absolute Gasteiger partial charge is 0.123 e. The van der Waals surface area contributed by atoms with E-state index in [2.05, 4.69) is 5.10 Å². The van der Waals surface area contributed by atoms with Crippen LogP contribution in [0.4, 0.5) is 4.39 Å². The second-order valence-electron chi connectivity index (χ2n) is 4.25. The van der Waals surface area contributed by atoms with Crippen molar-refractivity contribution in [1.82, 2.24) is 9.78 Å². The lowest BCUT2D eigenvalue weighted by Gasteiger charge is -2.09. The van der Waals surface area contributed by atoms with Crippen LogP contribution in [-0.2, 0) is 6.61 Å². The largest absolute Gasteiger partial charge is 0.390 e. The molecule has 1 aromatic carbocycles. The molecule has 0 bridgehead atoms. The van der Waals surface area contributed by atoms with Crippen LogP contribution < -0.4 is 0 Å². The van der Waals surface area contributed by atoms with E-state index in [0.717, 1.165) is 16.9 Å². The van der Waals surface area contributed by atoms with Crippen LogP contribution in [-0.4, -0.2) is 14.9 Å². The van der Waals surface area contributed by atoms with Gasteiger partial charge in [0.2, 0.25) is 0 Å². The van der Waals surface area contributed by atoms with E-state index < -0.39 is 0 Å². The summed E-state index contributed by atoms with van der Waals surface area (Å²) in [5.41, 5.74) is 2.52. The van der Waals surface area contributed by atoms with Crippen LogP contribution in [0.15, 0.2) is 30.5 Å². The van der Waals surface area contributed by atoms with E-state index in [1.54, 1.807) is 23.0 Å². The van der Waals surface area contributed by atoms with Gasteiger partial charge in [-0.25, -0.2) is 9.07 Å². The van der Waals surface area contributed by atoms with E-state index >= 15 is 0 Å². The first-order valence-electron chi connectivity index (χ1n) is 5.57.